The van der Waals surface area contributed by atoms with E-state index >= 15 is 0 Å². The van der Waals surface area contributed by atoms with Crippen molar-refractivity contribution in [3.8, 4) is 0 Å². The fourth-order valence-electron chi connectivity index (χ4n) is 1.68. The van der Waals surface area contributed by atoms with Crippen molar-refractivity contribution in [2.45, 2.75) is 33.7 Å². The molecule has 0 aromatic heterocycles. The second kappa shape index (κ2) is 10.1. The summed E-state index contributed by atoms with van der Waals surface area (Å²) in [5.41, 5.74) is 0. The van der Waals surface area contributed by atoms with Crippen LogP contribution < -0.4 is 0 Å². The number of amides is 1. The van der Waals surface area contributed by atoms with Crippen molar-refractivity contribution in [3.05, 3.63) is 0 Å². The van der Waals surface area contributed by atoms with E-state index in [4.69, 9.17) is 5.11 Å². The molecule has 0 saturated heterocycles. The number of nitrogens with zero attached hydrogens (tertiary/aromatic N) is 2. The number of rotatable bonds is 10. The topological polar surface area (TPSA) is 60.9 Å². The van der Waals surface area contributed by atoms with E-state index in [0.717, 1.165) is 25.4 Å². The van der Waals surface area contributed by atoms with E-state index in [1.54, 1.807) is 11.8 Å². The summed E-state index contributed by atoms with van der Waals surface area (Å²) in [7, 11) is 0. The van der Waals surface area contributed by atoms with E-state index in [-0.39, 0.29) is 18.5 Å². The minimum Gasteiger partial charge on any atom is -0.480 e. The number of thioether (sulfide) groups is 1. The van der Waals surface area contributed by atoms with Crippen LogP contribution in [0.15, 0.2) is 0 Å². The minimum atomic E-state index is -0.963. The van der Waals surface area contributed by atoms with Crippen LogP contribution in [0.2, 0.25) is 0 Å². The largest absolute Gasteiger partial charge is 0.480 e. The summed E-state index contributed by atoms with van der Waals surface area (Å²) >= 11 is 1.57. The fraction of sp³-hybridized carbons (Fsp3) is 0.846. The van der Waals surface area contributed by atoms with Gasteiger partial charge in [0.2, 0.25) is 5.91 Å². The molecule has 0 aromatic rings. The summed E-state index contributed by atoms with van der Waals surface area (Å²) in [6.07, 6.45) is 0. The third-order valence-corrected chi connectivity index (χ3v) is 3.84. The van der Waals surface area contributed by atoms with E-state index in [2.05, 4.69) is 18.7 Å². The Balaban J connectivity index is 4.03. The van der Waals surface area contributed by atoms with Gasteiger partial charge in [-0.3, -0.25) is 9.59 Å². The Bertz CT molecular complexity index is 281. The first kappa shape index (κ1) is 18.2. The molecule has 6 heteroatoms. The normalized spacial score (nSPS) is 11.1. The van der Waals surface area contributed by atoms with Crippen LogP contribution >= 0.6 is 11.8 Å². The van der Waals surface area contributed by atoms with E-state index in [1.807, 2.05) is 13.8 Å². The van der Waals surface area contributed by atoms with Crippen molar-refractivity contribution in [3.63, 3.8) is 0 Å². The van der Waals surface area contributed by atoms with Gasteiger partial charge in [-0.05, 0) is 26.9 Å². The molecule has 0 aromatic carbocycles. The number of hydrogen-bond acceptors (Lipinski definition) is 4. The molecule has 112 valence electrons. The molecular weight excluding hydrogens is 264 g/mol. The summed E-state index contributed by atoms with van der Waals surface area (Å²) in [6.45, 7) is 10.7. The molecule has 0 spiro atoms. The monoisotopic (exact) mass is 290 g/mol. The highest BCUT2D eigenvalue weighted by atomic mass is 32.2. The lowest BCUT2D eigenvalue weighted by molar-refractivity contribution is -0.144. The lowest BCUT2D eigenvalue weighted by atomic mass is 10.3. The van der Waals surface area contributed by atoms with Crippen LogP contribution in [0, 0.1) is 0 Å². The second-order valence-corrected chi connectivity index (χ2v) is 5.69. The van der Waals surface area contributed by atoms with Gasteiger partial charge in [0.25, 0.3) is 0 Å². The van der Waals surface area contributed by atoms with Crippen molar-refractivity contribution < 1.29 is 14.7 Å². The Morgan fingerprint density at radius 2 is 1.79 bits per heavy atom. The van der Waals surface area contributed by atoms with Gasteiger partial charge in [-0.25, -0.2) is 0 Å². The van der Waals surface area contributed by atoms with Gasteiger partial charge >= 0.3 is 5.97 Å². The number of aliphatic carboxylic acids is 1. The van der Waals surface area contributed by atoms with Crippen molar-refractivity contribution in [2.24, 2.45) is 0 Å². The predicted molar refractivity (Wildman–Crippen MR) is 79.6 cm³/mol. The maximum atomic E-state index is 11.9. The second-order valence-electron chi connectivity index (χ2n) is 4.59. The Hall–Kier alpha value is -0.750. The molecule has 1 amide bonds. The molecule has 0 unspecified atom stereocenters. The van der Waals surface area contributed by atoms with Gasteiger partial charge in [0, 0.05) is 18.3 Å². The van der Waals surface area contributed by atoms with Crippen LogP contribution in [0.3, 0.4) is 0 Å². The molecule has 0 aliphatic rings. The van der Waals surface area contributed by atoms with Gasteiger partial charge in [0.15, 0.2) is 0 Å². The van der Waals surface area contributed by atoms with Gasteiger partial charge in [0.1, 0.15) is 6.54 Å². The number of hydrogen-bond donors (Lipinski definition) is 1. The maximum Gasteiger partial charge on any atom is 0.323 e. The first-order valence-corrected chi connectivity index (χ1v) is 7.89. The van der Waals surface area contributed by atoms with Crippen molar-refractivity contribution in [2.75, 3.05) is 37.7 Å². The molecular formula is C13H26N2O3S. The highest BCUT2D eigenvalue weighted by Gasteiger charge is 2.19. The van der Waals surface area contributed by atoms with Gasteiger partial charge < -0.3 is 14.9 Å². The lowest BCUT2D eigenvalue weighted by Crippen LogP contribution is -2.41. The number of carbonyl (C=O) groups excluding carboxylic acids is 1. The minimum absolute atomic E-state index is 0.0769. The zero-order chi connectivity index (χ0) is 14.8. The highest BCUT2D eigenvalue weighted by Crippen LogP contribution is 2.06. The van der Waals surface area contributed by atoms with Crippen molar-refractivity contribution in [1.29, 1.82) is 0 Å². The standard InChI is InChI=1S/C13H26N2O3S/c1-5-14(6-2)7-8-19-10-12(16)15(11(3)4)9-13(17)18/h11H,5-10H2,1-4H3,(H,17,18). The summed E-state index contributed by atoms with van der Waals surface area (Å²) in [5.74, 6) is 0.191. The number of carboxylic acids is 1. The molecule has 0 bridgehead atoms. The van der Waals surface area contributed by atoms with Crippen LogP contribution in [0.1, 0.15) is 27.7 Å². The van der Waals surface area contributed by atoms with Gasteiger partial charge in [-0.15, -0.1) is 0 Å². The molecule has 0 rings (SSSR count). The average molecular weight is 290 g/mol. The van der Waals surface area contributed by atoms with E-state index in [0.29, 0.717) is 5.75 Å². The van der Waals surface area contributed by atoms with Gasteiger partial charge in [-0.2, -0.15) is 11.8 Å². The molecule has 0 radical (unpaired) electrons. The van der Waals surface area contributed by atoms with Gasteiger partial charge in [0.05, 0.1) is 5.75 Å². The summed E-state index contributed by atoms with van der Waals surface area (Å²) in [6, 6.07) is -0.0769. The number of carbonyl (C=O) groups is 2. The molecule has 5 nitrogen and oxygen atoms in total. The Kier molecular flexibility index (Phi) is 9.69. The Morgan fingerprint density at radius 1 is 1.21 bits per heavy atom. The van der Waals surface area contributed by atoms with E-state index < -0.39 is 5.97 Å². The summed E-state index contributed by atoms with van der Waals surface area (Å²) in [4.78, 5) is 26.4. The van der Waals surface area contributed by atoms with Gasteiger partial charge in [-0.1, -0.05) is 13.8 Å². The fourth-order valence-corrected chi connectivity index (χ4v) is 2.55. The highest BCUT2D eigenvalue weighted by molar-refractivity contribution is 7.99. The first-order valence-electron chi connectivity index (χ1n) is 6.73. The van der Waals surface area contributed by atoms with Crippen LogP contribution in [-0.2, 0) is 9.59 Å². The van der Waals surface area contributed by atoms with E-state index in [9.17, 15) is 9.59 Å². The third kappa shape index (κ3) is 8.10. The molecule has 0 atom stereocenters. The third-order valence-electron chi connectivity index (χ3n) is 2.92. The lowest BCUT2D eigenvalue weighted by Gasteiger charge is -2.25. The molecule has 0 aliphatic carbocycles. The predicted octanol–water partition coefficient (Wildman–Crippen LogP) is 1.38. The Labute approximate surface area is 120 Å². The first-order chi connectivity index (χ1) is 8.92. The van der Waals surface area contributed by atoms with E-state index in [1.165, 1.54) is 4.90 Å². The number of carboxylic acid groups (broad SMARTS) is 1. The molecule has 0 heterocycles. The summed E-state index contributed by atoms with van der Waals surface area (Å²) in [5, 5.41) is 8.78. The van der Waals surface area contributed by atoms with Crippen molar-refractivity contribution >= 4 is 23.6 Å². The van der Waals surface area contributed by atoms with Crippen LogP contribution in [0.5, 0.6) is 0 Å². The maximum absolute atomic E-state index is 11.9. The molecule has 0 saturated carbocycles. The van der Waals surface area contributed by atoms with Crippen LogP contribution in [0.25, 0.3) is 0 Å². The molecule has 1 N–H and O–H groups in total. The smallest absolute Gasteiger partial charge is 0.323 e. The summed E-state index contributed by atoms with van der Waals surface area (Å²) < 4.78 is 0. The molecule has 19 heavy (non-hydrogen) atoms. The quantitative estimate of drug-likeness (QED) is 0.616. The van der Waals surface area contributed by atoms with Crippen LogP contribution in [0.4, 0.5) is 0 Å². The zero-order valence-electron chi connectivity index (χ0n) is 12.4. The average Bonchev–Trinajstić information content (AvgIpc) is 2.35. The SMILES string of the molecule is CCN(CC)CCSCC(=O)N(CC(=O)O)C(C)C. The Morgan fingerprint density at radius 3 is 2.21 bits per heavy atom. The van der Waals surface area contributed by atoms with Crippen molar-refractivity contribution in [1.82, 2.24) is 9.80 Å². The molecule has 0 aliphatic heterocycles. The zero-order valence-corrected chi connectivity index (χ0v) is 13.2. The van der Waals surface area contributed by atoms with Crippen LogP contribution in [-0.4, -0.2) is 70.5 Å². The molecule has 0 fully saturated rings.